The van der Waals surface area contributed by atoms with Gasteiger partial charge in [-0.1, -0.05) is 0 Å². The van der Waals surface area contributed by atoms with Crippen molar-refractivity contribution in [2.45, 2.75) is 6.61 Å². The Balaban J connectivity index is 3.20. The molecular formula is C9H10N2O4. The van der Waals surface area contributed by atoms with Gasteiger partial charge in [0.2, 0.25) is 5.91 Å². The van der Waals surface area contributed by atoms with E-state index in [1.165, 1.54) is 19.2 Å². The number of benzene rings is 1. The first kappa shape index (κ1) is 11.1. The smallest absolute Gasteiger partial charge is 0.270 e. The van der Waals surface area contributed by atoms with Gasteiger partial charge in [0.15, 0.2) is 0 Å². The van der Waals surface area contributed by atoms with E-state index in [0.717, 1.165) is 6.07 Å². The third-order valence-electron chi connectivity index (χ3n) is 1.87. The van der Waals surface area contributed by atoms with Crippen LogP contribution in [0.2, 0.25) is 0 Å². The minimum absolute atomic E-state index is 0.117. The van der Waals surface area contributed by atoms with Gasteiger partial charge in [-0.15, -0.1) is 0 Å². The fraction of sp³-hybridized carbons (Fsp3) is 0.222. The van der Waals surface area contributed by atoms with E-state index in [-0.39, 0.29) is 17.9 Å². The maximum Gasteiger partial charge on any atom is 0.270 e. The number of primary amides is 1. The van der Waals surface area contributed by atoms with Gasteiger partial charge in [0.25, 0.3) is 5.69 Å². The van der Waals surface area contributed by atoms with Crippen molar-refractivity contribution in [2.24, 2.45) is 5.73 Å². The summed E-state index contributed by atoms with van der Waals surface area (Å²) in [6.45, 7) is 0.191. The average Bonchev–Trinajstić information content (AvgIpc) is 2.18. The maximum absolute atomic E-state index is 11.0. The number of hydrogen-bond donors (Lipinski definition) is 1. The summed E-state index contributed by atoms with van der Waals surface area (Å²) in [5.74, 6) is -0.703. The molecule has 1 aromatic carbocycles. The molecule has 0 aromatic heterocycles. The van der Waals surface area contributed by atoms with Crippen LogP contribution in [0.5, 0.6) is 0 Å². The largest absolute Gasteiger partial charge is 0.380 e. The van der Waals surface area contributed by atoms with E-state index in [1.807, 2.05) is 0 Å². The Morgan fingerprint density at radius 1 is 1.60 bits per heavy atom. The molecule has 0 aliphatic carbocycles. The summed E-state index contributed by atoms with van der Waals surface area (Å²) >= 11 is 0. The van der Waals surface area contributed by atoms with E-state index in [0.29, 0.717) is 5.56 Å². The van der Waals surface area contributed by atoms with Crippen LogP contribution in [0.3, 0.4) is 0 Å². The Kier molecular flexibility index (Phi) is 3.35. The maximum atomic E-state index is 11.0. The van der Waals surface area contributed by atoms with Gasteiger partial charge in [-0.3, -0.25) is 14.9 Å². The molecule has 0 bridgehead atoms. The molecule has 0 saturated carbocycles. The fourth-order valence-electron chi connectivity index (χ4n) is 1.19. The van der Waals surface area contributed by atoms with Gasteiger partial charge in [0.1, 0.15) is 0 Å². The number of carbonyl (C=O) groups excluding carboxylic acids is 1. The monoisotopic (exact) mass is 210 g/mol. The van der Waals surface area contributed by atoms with Crippen LogP contribution in [0, 0.1) is 10.1 Å². The summed E-state index contributed by atoms with van der Waals surface area (Å²) in [6, 6.07) is 3.92. The van der Waals surface area contributed by atoms with Crippen LogP contribution in [-0.4, -0.2) is 17.9 Å². The number of non-ortho nitro benzene ring substituents is 1. The van der Waals surface area contributed by atoms with Crippen molar-refractivity contribution in [1.29, 1.82) is 0 Å². The molecule has 0 aliphatic rings. The zero-order valence-corrected chi connectivity index (χ0v) is 8.10. The summed E-state index contributed by atoms with van der Waals surface area (Å²) < 4.78 is 4.84. The molecule has 0 heterocycles. The van der Waals surface area contributed by atoms with Crippen molar-refractivity contribution in [1.82, 2.24) is 0 Å². The number of amides is 1. The van der Waals surface area contributed by atoms with E-state index in [4.69, 9.17) is 10.5 Å². The van der Waals surface area contributed by atoms with Gasteiger partial charge in [-0.2, -0.15) is 0 Å². The molecule has 1 amide bonds. The lowest BCUT2D eigenvalue weighted by molar-refractivity contribution is -0.384. The van der Waals surface area contributed by atoms with Crippen molar-refractivity contribution in [3.05, 3.63) is 39.4 Å². The number of ether oxygens (including phenoxy) is 1. The van der Waals surface area contributed by atoms with Crippen LogP contribution in [0.25, 0.3) is 0 Å². The van der Waals surface area contributed by atoms with Crippen molar-refractivity contribution in [2.75, 3.05) is 7.11 Å². The molecule has 0 aliphatic heterocycles. The summed E-state index contributed by atoms with van der Waals surface area (Å²) in [4.78, 5) is 20.9. The van der Waals surface area contributed by atoms with Gasteiger partial charge in [0.05, 0.1) is 17.1 Å². The summed E-state index contributed by atoms with van der Waals surface area (Å²) in [6.07, 6.45) is 0. The van der Waals surface area contributed by atoms with Gasteiger partial charge in [-0.25, -0.2) is 0 Å². The van der Waals surface area contributed by atoms with Gasteiger partial charge in [0, 0.05) is 19.2 Å². The number of nitro groups is 1. The molecule has 80 valence electrons. The molecular weight excluding hydrogens is 200 g/mol. The highest BCUT2D eigenvalue weighted by atomic mass is 16.6. The van der Waals surface area contributed by atoms with Crippen LogP contribution >= 0.6 is 0 Å². The minimum atomic E-state index is -0.703. The van der Waals surface area contributed by atoms with Crippen LogP contribution in [0.1, 0.15) is 15.9 Å². The Bertz CT molecular complexity index is 403. The predicted octanol–water partition coefficient (Wildman–Crippen LogP) is 0.840. The van der Waals surface area contributed by atoms with Gasteiger partial charge >= 0.3 is 0 Å². The van der Waals surface area contributed by atoms with Crippen molar-refractivity contribution in [3.63, 3.8) is 0 Å². The van der Waals surface area contributed by atoms with E-state index >= 15 is 0 Å². The quantitative estimate of drug-likeness (QED) is 0.588. The lowest BCUT2D eigenvalue weighted by atomic mass is 10.1. The first-order valence-corrected chi connectivity index (χ1v) is 4.12. The van der Waals surface area contributed by atoms with Crippen molar-refractivity contribution >= 4 is 11.6 Å². The summed E-state index contributed by atoms with van der Waals surface area (Å²) in [5, 5.41) is 10.5. The Morgan fingerprint density at radius 2 is 2.27 bits per heavy atom. The minimum Gasteiger partial charge on any atom is -0.380 e. The van der Waals surface area contributed by atoms with Crippen LogP contribution in [0.15, 0.2) is 18.2 Å². The highest BCUT2D eigenvalue weighted by Gasteiger charge is 2.14. The number of carbonyl (C=O) groups is 1. The van der Waals surface area contributed by atoms with E-state index in [9.17, 15) is 14.9 Å². The van der Waals surface area contributed by atoms with Crippen molar-refractivity contribution < 1.29 is 14.5 Å². The molecule has 6 heteroatoms. The second kappa shape index (κ2) is 4.52. The molecule has 0 unspecified atom stereocenters. The number of hydrogen-bond acceptors (Lipinski definition) is 4. The summed E-state index contributed by atoms with van der Waals surface area (Å²) in [7, 11) is 1.46. The van der Waals surface area contributed by atoms with Crippen molar-refractivity contribution in [3.8, 4) is 0 Å². The molecule has 15 heavy (non-hydrogen) atoms. The van der Waals surface area contributed by atoms with Crippen LogP contribution in [0.4, 0.5) is 5.69 Å². The van der Waals surface area contributed by atoms with E-state index < -0.39 is 10.8 Å². The van der Waals surface area contributed by atoms with Gasteiger partial charge < -0.3 is 10.5 Å². The molecule has 0 spiro atoms. The van der Waals surface area contributed by atoms with E-state index in [1.54, 1.807) is 0 Å². The zero-order chi connectivity index (χ0) is 11.4. The number of rotatable bonds is 4. The average molecular weight is 210 g/mol. The molecule has 6 nitrogen and oxygen atoms in total. The number of nitrogens with two attached hydrogens (primary N) is 1. The molecule has 1 aromatic rings. The Hall–Kier alpha value is -1.95. The molecule has 0 saturated heterocycles. The lowest BCUT2D eigenvalue weighted by Crippen LogP contribution is -2.14. The molecule has 0 radical (unpaired) electrons. The normalized spacial score (nSPS) is 9.93. The fourth-order valence-corrected chi connectivity index (χ4v) is 1.19. The highest BCUT2D eigenvalue weighted by Crippen LogP contribution is 2.18. The topological polar surface area (TPSA) is 95.5 Å². The highest BCUT2D eigenvalue weighted by molar-refractivity contribution is 5.95. The Morgan fingerprint density at radius 3 is 2.73 bits per heavy atom. The predicted molar refractivity (Wildman–Crippen MR) is 52.3 cm³/mol. The first-order chi connectivity index (χ1) is 7.06. The van der Waals surface area contributed by atoms with Crippen LogP contribution < -0.4 is 5.73 Å². The third-order valence-corrected chi connectivity index (χ3v) is 1.87. The third kappa shape index (κ3) is 2.50. The molecule has 0 atom stereocenters. The first-order valence-electron chi connectivity index (χ1n) is 4.12. The van der Waals surface area contributed by atoms with Crippen LogP contribution in [-0.2, 0) is 11.3 Å². The molecule has 2 N–H and O–H groups in total. The SMILES string of the molecule is COCc1ccc([N+](=O)[O-])cc1C(N)=O. The lowest BCUT2D eigenvalue weighted by Gasteiger charge is -2.04. The Labute approximate surface area is 85.8 Å². The van der Waals surface area contributed by atoms with E-state index in [2.05, 4.69) is 0 Å². The molecule has 1 rings (SSSR count). The molecule has 0 fully saturated rings. The number of nitro benzene ring substituents is 1. The number of nitrogens with zero attached hydrogens (tertiary/aromatic N) is 1. The second-order valence-electron chi connectivity index (χ2n) is 2.90. The van der Waals surface area contributed by atoms with Gasteiger partial charge in [-0.05, 0) is 11.6 Å². The standard InChI is InChI=1S/C9H10N2O4/c1-15-5-6-2-3-7(11(13)14)4-8(6)9(10)12/h2-4H,5H2,1H3,(H2,10,12). The summed E-state index contributed by atoms with van der Waals surface area (Å²) in [5.41, 5.74) is 5.59. The second-order valence-corrected chi connectivity index (χ2v) is 2.90. The zero-order valence-electron chi connectivity index (χ0n) is 8.10. The number of methoxy groups -OCH3 is 1.